The zero-order chi connectivity index (χ0) is 7.49. The molecular weight excluding hydrogens is 124 g/mol. The fraction of sp³-hybridized carbons (Fsp3) is 1.00. The Morgan fingerprint density at radius 2 is 1.89 bits per heavy atom. The smallest absolute Gasteiger partial charge is 0.113 e. The molecular formula is C5H12O4. The van der Waals surface area contributed by atoms with Gasteiger partial charge in [0.25, 0.3) is 0 Å². The summed E-state index contributed by atoms with van der Waals surface area (Å²) in [6.45, 7) is 0.135. The van der Waals surface area contributed by atoms with Crippen LogP contribution in [0.2, 0.25) is 0 Å². The van der Waals surface area contributed by atoms with Gasteiger partial charge in [0, 0.05) is 0 Å². The predicted octanol–water partition coefficient (Wildman–Crippen LogP) is -1.92. The van der Waals surface area contributed by atoms with Gasteiger partial charge in [0.15, 0.2) is 0 Å². The molecule has 0 fully saturated rings. The fourth-order valence-electron chi connectivity index (χ4n) is 0.302. The van der Waals surface area contributed by atoms with Gasteiger partial charge in [0.2, 0.25) is 0 Å². The topological polar surface area (TPSA) is 80.9 Å². The minimum Gasteiger partial charge on any atom is -0.394 e. The van der Waals surface area contributed by atoms with E-state index in [-0.39, 0.29) is 0 Å². The highest BCUT2D eigenvalue weighted by Crippen LogP contribution is 2.06. The van der Waals surface area contributed by atoms with Crippen LogP contribution in [0.5, 0.6) is 0 Å². The van der Waals surface area contributed by atoms with E-state index >= 15 is 0 Å². The Bertz CT molecular complexity index is 81.0. The standard InChI is InChI=1S/C5H12O4/c1-5(9,3-7)4(8)2-6/h4,6-9H,2-3H2,1H3/t4-,5+/m1/s1. The van der Waals surface area contributed by atoms with E-state index in [1.54, 1.807) is 0 Å². The molecule has 0 saturated carbocycles. The van der Waals surface area contributed by atoms with Crippen molar-refractivity contribution in [3.8, 4) is 0 Å². The van der Waals surface area contributed by atoms with E-state index in [1.165, 1.54) is 6.92 Å². The van der Waals surface area contributed by atoms with Gasteiger partial charge in [-0.1, -0.05) is 0 Å². The lowest BCUT2D eigenvalue weighted by Crippen LogP contribution is -2.44. The first-order valence-corrected chi connectivity index (χ1v) is 2.66. The molecule has 0 unspecified atom stereocenters. The highest BCUT2D eigenvalue weighted by atomic mass is 16.4. The van der Waals surface area contributed by atoms with Crippen LogP contribution in [0.4, 0.5) is 0 Å². The van der Waals surface area contributed by atoms with Gasteiger partial charge in [-0.25, -0.2) is 0 Å². The van der Waals surface area contributed by atoms with E-state index in [9.17, 15) is 0 Å². The maximum Gasteiger partial charge on any atom is 0.113 e. The van der Waals surface area contributed by atoms with Gasteiger partial charge in [-0.05, 0) is 6.92 Å². The molecule has 0 aliphatic carbocycles. The molecule has 56 valence electrons. The second-order valence-corrected chi connectivity index (χ2v) is 2.21. The van der Waals surface area contributed by atoms with Gasteiger partial charge < -0.3 is 20.4 Å². The van der Waals surface area contributed by atoms with Crippen LogP contribution >= 0.6 is 0 Å². The Morgan fingerprint density at radius 3 is 2.00 bits per heavy atom. The first-order chi connectivity index (χ1) is 4.04. The van der Waals surface area contributed by atoms with Crippen LogP contribution in [0.15, 0.2) is 0 Å². The van der Waals surface area contributed by atoms with Crippen LogP contribution in [0.25, 0.3) is 0 Å². The molecule has 0 aliphatic rings. The summed E-state index contributed by atoms with van der Waals surface area (Å²) < 4.78 is 0. The third-order valence-corrected chi connectivity index (χ3v) is 1.21. The highest BCUT2D eigenvalue weighted by Gasteiger charge is 2.28. The number of hydrogen-bond acceptors (Lipinski definition) is 4. The lowest BCUT2D eigenvalue weighted by atomic mass is 10.0. The minimum absolute atomic E-state index is 0.548. The molecule has 0 radical (unpaired) electrons. The van der Waals surface area contributed by atoms with Gasteiger partial charge in [0.1, 0.15) is 11.7 Å². The van der Waals surface area contributed by atoms with Crippen molar-refractivity contribution < 1.29 is 20.4 Å². The third kappa shape index (κ3) is 2.28. The molecule has 4 nitrogen and oxygen atoms in total. The van der Waals surface area contributed by atoms with Crippen LogP contribution in [0.3, 0.4) is 0 Å². The number of rotatable bonds is 3. The molecule has 0 bridgehead atoms. The van der Waals surface area contributed by atoms with Crippen molar-refractivity contribution in [1.29, 1.82) is 0 Å². The molecule has 0 spiro atoms. The van der Waals surface area contributed by atoms with Gasteiger partial charge in [-0.3, -0.25) is 0 Å². The second-order valence-electron chi connectivity index (χ2n) is 2.21. The van der Waals surface area contributed by atoms with E-state index in [4.69, 9.17) is 20.4 Å². The van der Waals surface area contributed by atoms with E-state index in [2.05, 4.69) is 0 Å². The zero-order valence-corrected chi connectivity index (χ0v) is 5.28. The minimum atomic E-state index is -1.59. The average molecular weight is 136 g/mol. The van der Waals surface area contributed by atoms with Crippen molar-refractivity contribution in [2.75, 3.05) is 13.2 Å². The van der Waals surface area contributed by atoms with Gasteiger partial charge in [-0.2, -0.15) is 0 Å². The molecule has 9 heavy (non-hydrogen) atoms. The number of aliphatic hydroxyl groups excluding tert-OH is 3. The summed E-state index contributed by atoms with van der Waals surface area (Å²) in [5.74, 6) is 0. The maximum absolute atomic E-state index is 8.93. The summed E-state index contributed by atoms with van der Waals surface area (Å²) in [4.78, 5) is 0. The number of hydrogen-bond donors (Lipinski definition) is 4. The molecule has 0 aromatic heterocycles. The van der Waals surface area contributed by atoms with E-state index < -0.39 is 24.9 Å². The molecule has 2 atom stereocenters. The summed E-state index contributed by atoms with van der Waals surface area (Å²) >= 11 is 0. The van der Waals surface area contributed by atoms with Crippen LogP contribution < -0.4 is 0 Å². The highest BCUT2D eigenvalue weighted by molar-refractivity contribution is 4.79. The fourth-order valence-corrected chi connectivity index (χ4v) is 0.302. The van der Waals surface area contributed by atoms with E-state index in [0.29, 0.717) is 0 Å². The largest absolute Gasteiger partial charge is 0.394 e. The zero-order valence-electron chi connectivity index (χ0n) is 5.28. The second kappa shape index (κ2) is 3.12. The molecule has 0 aliphatic heterocycles. The van der Waals surface area contributed by atoms with Crippen LogP contribution in [0, 0.1) is 0 Å². The lowest BCUT2D eigenvalue weighted by Gasteiger charge is -2.24. The van der Waals surface area contributed by atoms with Crippen molar-refractivity contribution in [1.82, 2.24) is 0 Å². The van der Waals surface area contributed by atoms with Crippen LogP contribution in [-0.2, 0) is 0 Å². The molecule has 0 amide bonds. The van der Waals surface area contributed by atoms with Gasteiger partial charge in [0.05, 0.1) is 13.2 Å². The van der Waals surface area contributed by atoms with Crippen LogP contribution in [-0.4, -0.2) is 45.3 Å². The van der Waals surface area contributed by atoms with Crippen molar-refractivity contribution in [3.05, 3.63) is 0 Å². The molecule has 4 N–H and O–H groups in total. The van der Waals surface area contributed by atoms with Crippen molar-refractivity contribution in [2.45, 2.75) is 18.6 Å². The average Bonchev–Trinajstić information content (AvgIpc) is 1.86. The molecule has 0 aromatic carbocycles. The van der Waals surface area contributed by atoms with E-state index in [0.717, 1.165) is 0 Å². The maximum atomic E-state index is 8.93. The van der Waals surface area contributed by atoms with Gasteiger partial charge in [-0.15, -0.1) is 0 Å². The van der Waals surface area contributed by atoms with Crippen molar-refractivity contribution in [3.63, 3.8) is 0 Å². The third-order valence-electron chi connectivity index (χ3n) is 1.21. The first kappa shape index (κ1) is 8.84. The Balaban J connectivity index is 3.80. The Hall–Kier alpha value is -0.160. The summed E-state index contributed by atoms with van der Waals surface area (Å²) in [5.41, 5.74) is -1.59. The Morgan fingerprint density at radius 1 is 1.44 bits per heavy atom. The quantitative estimate of drug-likeness (QED) is 0.364. The van der Waals surface area contributed by atoms with Gasteiger partial charge >= 0.3 is 0 Å². The summed E-state index contributed by atoms with van der Waals surface area (Å²) in [7, 11) is 0. The molecule has 4 heteroatoms. The molecule has 0 aromatic rings. The van der Waals surface area contributed by atoms with Crippen LogP contribution in [0.1, 0.15) is 6.92 Å². The van der Waals surface area contributed by atoms with Crippen molar-refractivity contribution in [2.24, 2.45) is 0 Å². The molecule has 0 heterocycles. The predicted molar refractivity (Wildman–Crippen MR) is 30.8 cm³/mol. The monoisotopic (exact) mass is 136 g/mol. The van der Waals surface area contributed by atoms with Crippen molar-refractivity contribution >= 4 is 0 Å². The SMILES string of the molecule is C[C@](O)(CO)[C@H](O)CO. The normalized spacial score (nSPS) is 21.0. The molecule has 0 rings (SSSR count). The Labute approximate surface area is 53.4 Å². The molecule has 0 saturated heterocycles. The number of aliphatic hydroxyl groups is 4. The van der Waals surface area contributed by atoms with E-state index in [1.807, 2.05) is 0 Å². The summed E-state index contributed by atoms with van der Waals surface area (Å²) in [6.07, 6.45) is -1.28. The Kier molecular flexibility index (Phi) is 3.07. The summed E-state index contributed by atoms with van der Waals surface area (Å²) in [6, 6.07) is 0. The first-order valence-electron chi connectivity index (χ1n) is 2.66. The lowest BCUT2D eigenvalue weighted by molar-refractivity contribution is -0.108. The summed E-state index contributed by atoms with van der Waals surface area (Å²) in [5, 5.41) is 34.3.